The Hall–Kier alpha value is -2.40. The van der Waals surface area contributed by atoms with E-state index in [9.17, 15) is 4.79 Å². The second-order valence-electron chi connectivity index (χ2n) is 4.41. The summed E-state index contributed by atoms with van der Waals surface area (Å²) in [4.78, 5) is 17.0. The molecule has 100 valence electrons. The Morgan fingerprint density at radius 3 is 2.95 bits per heavy atom. The molecule has 1 aromatic carbocycles. The topological polar surface area (TPSA) is 68.0 Å². The molecule has 0 aliphatic carbocycles. The van der Waals surface area contributed by atoms with E-state index in [0.717, 1.165) is 15.8 Å². The number of hydrogen-bond donors (Lipinski definition) is 2. The average Bonchev–Trinajstić information content (AvgIpc) is 2.89. The lowest BCUT2D eigenvalue weighted by Crippen LogP contribution is -2.22. The number of thiophene rings is 1. The summed E-state index contributed by atoms with van der Waals surface area (Å²) in [6.07, 6.45) is 1.71. The van der Waals surface area contributed by atoms with Gasteiger partial charge in [0.1, 0.15) is 0 Å². The lowest BCUT2D eigenvalue weighted by molar-refractivity contribution is 0.0954. The van der Waals surface area contributed by atoms with Gasteiger partial charge in [-0.2, -0.15) is 0 Å². The number of carbonyl (C=O) groups excluding carboxylic acids is 1. The normalized spacial score (nSPS) is 10.6. The number of anilines is 1. The van der Waals surface area contributed by atoms with E-state index in [0.29, 0.717) is 17.1 Å². The first-order chi connectivity index (χ1) is 9.72. The van der Waals surface area contributed by atoms with Gasteiger partial charge in [0.25, 0.3) is 5.91 Å². The van der Waals surface area contributed by atoms with Crippen molar-refractivity contribution in [2.75, 3.05) is 5.73 Å². The Bertz CT molecular complexity index is 752. The zero-order valence-electron chi connectivity index (χ0n) is 10.7. The summed E-state index contributed by atoms with van der Waals surface area (Å²) in [6.45, 7) is 0.427. The molecule has 0 fully saturated rings. The number of pyridine rings is 1. The van der Waals surface area contributed by atoms with Crippen molar-refractivity contribution in [1.82, 2.24) is 10.3 Å². The lowest BCUT2D eigenvalue weighted by atomic mass is 10.2. The number of hydrogen-bond acceptors (Lipinski definition) is 4. The third-order valence-electron chi connectivity index (χ3n) is 2.92. The van der Waals surface area contributed by atoms with E-state index in [1.165, 1.54) is 11.3 Å². The summed E-state index contributed by atoms with van der Waals surface area (Å²) in [5.74, 6) is -0.0876. The van der Waals surface area contributed by atoms with E-state index >= 15 is 0 Å². The van der Waals surface area contributed by atoms with Crippen LogP contribution in [0.15, 0.2) is 48.7 Å². The van der Waals surface area contributed by atoms with Crippen molar-refractivity contribution in [3.63, 3.8) is 0 Å². The van der Waals surface area contributed by atoms with Gasteiger partial charge in [0.15, 0.2) is 0 Å². The fourth-order valence-electron chi connectivity index (χ4n) is 1.93. The van der Waals surface area contributed by atoms with E-state index in [-0.39, 0.29) is 5.91 Å². The quantitative estimate of drug-likeness (QED) is 0.726. The van der Waals surface area contributed by atoms with Crippen LogP contribution in [0.25, 0.3) is 10.1 Å². The number of carbonyl (C=O) groups is 1. The number of nitrogen functional groups attached to an aromatic ring is 1. The molecule has 20 heavy (non-hydrogen) atoms. The second kappa shape index (κ2) is 5.30. The van der Waals surface area contributed by atoms with E-state index in [2.05, 4.69) is 10.3 Å². The highest BCUT2D eigenvalue weighted by atomic mass is 32.1. The van der Waals surface area contributed by atoms with Crippen LogP contribution in [0.2, 0.25) is 0 Å². The van der Waals surface area contributed by atoms with Crippen molar-refractivity contribution < 1.29 is 4.79 Å². The molecular formula is C15H13N3OS. The van der Waals surface area contributed by atoms with Crippen LogP contribution in [0.4, 0.5) is 5.69 Å². The van der Waals surface area contributed by atoms with E-state index in [1.807, 2.05) is 42.5 Å². The van der Waals surface area contributed by atoms with Gasteiger partial charge in [-0.15, -0.1) is 11.3 Å². The van der Waals surface area contributed by atoms with Crippen molar-refractivity contribution in [1.29, 1.82) is 0 Å². The summed E-state index contributed by atoms with van der Waals surface area (Å²) in [7, 11) is 0. The fraction of sp³-hybridized carbons (Fsp3) is 0.0667. The molecule has 3 N–H and O–H groups in total. The van der Waals surface area contributed by atoms with Crippen LogP contribution in [0.1, 0.15) is 15.4 Å². The standard InChI is InChI=1S/C15H13N3OS/c16-11-4-5-13-10(7-11)8-14(20-13)15(19)18-9-12-3-1-2-6-17-12/h1-8H,9,16H2,(H,18,19). The minimum Gasteiger partial charge on any atom is -0.399 e. The van der Waals surface area contributed by atoms with Gasteiger partial charge < -0.3 is 11.1 Å². The lowest BCUT2D eigenvalue weighted by Gasteiger charge is -2.02. The number of aromatic nitrogens is 1. The number of benzene rings is 1. The fourth-order valence-corrected chi connectivity index (χ4v) is 2.89. The number of rotatable bonds is 3. The SMILES string of the molecule is Nc1ccc2sc(C(=O)NCc3ccccn3)cc2c1. The van der Waals surface area contributed by atoms with Crippen LogP contribution in [-0.4, -0.2) is 10.9 Å². The summed E-state index contributed by atoms with van der Waals surface area (Å²) >= 11 is 1.46. The maximum absolute atomic E-state index is 12.1. The molecule has 0 radical (unpaired) electrons. The van der Waals surface area contributed by atoms with Crippen LogP contribution < -0.4 is 11.1 Å². The Labute approximate surface area is 120 Å². The number of amides is 1. The smallest absolute Gasteiger partial charge is 0.261 e. The second-order valence-corrected chi connectivity index (χ2v) is 5.50. The summed E-state index contributed by atoms with van der Waals surface area (Å²) in [5, 5.41) is 3.87. The van der Waals surface area contributed by atoms with Gasteiger partial charge >= 0.3 is 0 Å². The molecule has 0 saturated heterocycles. The van der Waals surface area contributed by atoms with Crippen LogP contribution in [0.3, 0.4) is 0 Å². The predicted molar refractivity (Wildman–Crippen MR) is 81.6 cm³/mol. The first-order valence-corrected chi connectivity index (χ1v) is 7.01. The summed E-state index contributed by atoms with van der Waals surface area (Å²) in [6, 6.07) is 13.1. The van der Waals surface area contributed by atoms with E-state index < -0.39 is 0 Å². The average molecular weight is 283 g/mol. The van der Waals surface area contributed by atoms with Crippen LogP contribution >= 0.6 is 11.3 Å². The van der Waals surface area contributed by atoms with Crippen LogP contribution in [0, 0.1) is 0 Å². The largest absolute Gasteiger partial charge is 0.399 e. The van der Waals surface area contributed by atoms with Gasteiger partial charge in [0.05, 0.1) is 17.1 Å². The van der Waals surface area contributed by atoms with Crippen molar-refractivity contribution in [2.45, 2.75) is 6.54 Å². The first-order valence-electron chi connectivity index (χ1n) is 6.19. The molecule has 4 nitrogen and oxygen atoms in total. The predicted octanol–water partition coefficient (Wildman–Crippen LogP) is 2.81. The van der Waals surface area contributed by atoms with Crippen molar-refractivity contribution in [2.24, 2.45) is 0 Å². The maximum atomic E-state index is 12.1. The van der Waals surface area contributed by atoms with Gasteiger partial charge in [0.2, 0.25) is 0 Å². The molecule has 0 aliphatic rings. The molecule has 3 rings (SSSR count). The Kier molecular flexibility index (Phi) is 3.35. The molecule has 0 saturated carbocycles. The minimum absolute atomic E-state index is 0.0876. The first kappa shape index (κ1) is 12.6. The molecular weight excluding hydrogens is 270 g/mol. The van der Waals surface area contributed by atoms with Crippen LogP contribution in [0.5, 0.6) is 0 Å². The van der Waals surface area contributed by atoms with Crippen molar-refractivity contribution in [3.05, 3.63) is 59.2 Å². The minimum atomic E-state index is -0.0876. The number of nitrogens with zero attached hydrogens (tertiary/aromatic N) is 1. The van der Waals surface area contributed by atoms with Crippen molar-refractivity contribution >= 4 is 33.0 Å². The van der Waals surface area contributed by atoms with E-state index in [1.54, 1.807) is 6.20 Å². The maximum Gasteiger partial charge on any atom is 0.261 e. The monoisotopic (exact) mass is 283 g/mol. The third-order valence-corrected chi connectivity index (χ3v) is 4.04. The highest BCUT2D eigenvalue weighted by Gasteiger charge is 2.10. The molecule has 3 aromatic rings. The van der Waals surface area contributed by atoms with Gasteiger partial charge in [-0.25, -0.2) is 0 Å². The molecule has 0 spiro atoms. The highest BCUT2D eigenvalue weighted by molar-refractivity contribution is 7.20. The van der Waals surface area contributed by atoms with Gasteiger partial charge in [-0.3, -0.25) is 9.78 Å². The molecule has 1 amide bonds. The molecule has 0 unspecified atom stereocenters. The zero-order chi connectivity index (χ0) is 13.9. The van der Waals surface area contributed by atoms with Crippen molar-refractivity contribution in [3.8, 4) is 0 Å². The number of fused-ring (bicyclic) bond motifs is 1. The Morgan fingerprint density at radius 1 is 1.25 bits per heavy atom. The van der Waals surface area contributed by atoms with Gasteiger partial charge in [-0.05, 0) is 41.8 Å². The third kappa shape index (κ3) is 2.62. The molecule has 2 heterocycles. The molecule has 5 heteroatoms. The molecule has 2 aromatic heterocycles. The Balaban J connectivity index is 1.75. The van der Waals surface area contributed by atoms with E-state index in [4.69, 9.17) is 5.73 Å². The molecule has 0 bridgehead atoms. The molecule has 0 atom stereocenters. The summed E-state index contributed by atoms with van der Waals surface area (Å²) < 4.78 is 1.06. The zero-order valence-corrected chi connectivity index (χ0v) is 11.5. The number of nitrogens with one attached hydrogen (secondary N) is 1. The van der Waals surface area contributed by atoms with Crippen LogP contribution in [-0.2, 0) is 6.54 Å². The summed E-state index contributed by atoms with van der Waals surface area (Å²) in [5.41, 5.74) is 7.28. The molecule has 0 aliphatic heterocycles. The number of nitrogens with two attached hydrogens (primary N) is 1. The van der Waals surface area contributed by atoms with Gasteiger partial charge in [-0.1, -0.05) is 6.07 Å². The highest BCUT2D eigenvalue weighted by Crippen LogP contribution is 2.27. The Morgan fingerprint density at radius 2 is 2.15 bits per heavy atom. The van der Waals surface area contributed by atoms with Gasteiger partial charge in [0, 0.05) is 16.6 Å².